The van der Waals surface area contributed by atoms with Crippen molar-refractivity contribution in [3.63, 3.8) is 0 Å². The normalized spacial score (nSPS) is 16.3. The topological polar surface area (TPSA) is 67.3 Å². The Hall–Kier alpha value is -2.06. The van der Waals surface area contributed by atoms with Crippen LogP contribution in [0.25, 0.3) is 0 Å². The van der Waals surface area contributed by atoms with E-state index in [2.05, 4.69) is 15.3 Å². The molecule has 0 aromatic carbocycles. The standard InChI is InChI=1S/C14H19F3N4O2/c1-23-12-8-11(18-9-19-12)20-10-3-6-21(7-4-10)13(22)2-5-14(15,16)17/h8-10H,2-7H2,1H3,(H,18,19,20). The molecule has 2 rings (SSSR count). The number of anilines is 1. The van der Waals surface area contributed by atoms with Gasteiger partial charge in [0.05, 0.1) is 13.5 Å². The van der Waals surface area contributed by atoms with Gasteiger partial charge in [-0.1, -0.05) is 0 Å². The van der Waals surface area contributed by atoms with Crippen LogP contribution in [-0.2, 0) is 4.79 Å². The number of hydrogen-bond acceptors (Lipinski definition) is 5. The molecule has 0 atom stereocenters. The minimum atomic E-state index is -4.29. The second kappa shape index (κ2) is 7.47. The lowest BCUT2D eigenvalue weighted by atomic mass is 10.0. The summed E-state index contributed by atoms with van der Waals surface area (Å²) in [5, 5.41) is 3.22. The monoisotopic (exact) mass is 332 g/mol. The first kappa shape index (κ1) is 17.3. The van der Waals surface area contributed by atoms with Crippen molar-refractivity contribution in [3.8, 4) is 5.88 Å². The van der Waals surface area contributed by atoms with Crippen LogP contribution in [-0.4, -0.2) is 53.2 Å². The molecule has 0 unspecified atom stereocenters. The molecular formula is C14H19F3N4O2. The number of ether oxygens (including phenoxy) is 1. The van der Waals surface area contributed by atoms with Gasteiger partial charge in [-0.25, -0.2) is 9.97 Å². The Labute approximate surface area is 132 Å². The Balaban J connectivity index is 1.78. The summed E-state index contributed by atoms with van der Waals surface area (Å²) < 4.78 is 41.4. The molecule has 128 valence electrons. The van der Waals surface area contributed by atoms with Gasteiger partial charge in [-0.3, -0.25) is 4.79 Å². The van der Waals surface area contributed by atoms with Crippen LogP contribution in [0.4, 0.5) is 19.0 Å². The summed E-state index contributed by atoms with van der Waals surface area (Å²) in [5.41, 5.74) is 0. The van der Waals surface area contributed by atoms with Gasteiger partial charge < -0.3 is 15.0 Å². The van der Waals surface area contributed by atoms with E-state index in [1.165, 1.54) is 18.3 Å². The van der Waals surface area contributed by atoms with Crippen LogP contribution in [0.5, 0.6) is 5.88 Å². The van der Waals surface area contributed by atoms with Crippen LogP contribution in [0.15, 0.2) is 12.4 Å². The number of nitrogens with one attached hydrogen (secondary N) is 1. The molecule has 0 radical (unpaired) electrons. The lowest BCUT2D eigenvalue weighted by Crippen LogP contribution is -2.42. The van der Waals surface area contributed by atoms with E-state index >= 15 is 0 Å². The number of methoxy groups -OCH3 is 1. The molecule has 1 N–H and O–H groups in total. The minimum Gasteiger partial charge on any atom is -0.481 e. The molecule has 1 aromatic heterocycles. The fourth-order valence-corrected chi connectivity index (χ4v) is 2.42. The Bertz CT molecular complexity index is 531. The molecule has 0 spiro atoms. The molecule has 9 heteroatoms. The first-order valence-corrected chi connectivity index (χ1v) is 7.34. The summed E-state index contributed by atoms with van der Waals surface area (Å²) in [5.74, 6) is 0.630. The molecular weight excluding hydrogens is 313 g/mol. The largest absolute Gasteiger partial charge is 0.481 e. The number of carbonyl (C=O) groups excluding carboxylic acids is 1. The SMILES string of the molecule is COc1cc(NC2CCN(C(=O)CCC(F)(F)F)CC2)ncn1. The molecule has 0 aliphatic carbocycles. The zero-order valence-electron chi connectivity index (χ0n) is 12.8. The summed E-state index contributed by atoms with van der Waals surface area (Å²) in [6.07, 6.45) is -3.14. The van der Waals surface area contributed by atoms with Crippen molar-refractivity contribution in [1.29, 1.82) is 0 Å². The van der Waals surface area contributed by atoms with Gasteiger partial charge in [-0.2, -0.15) is 13.2 Å². The Kier molecular flexibility index (Phi) is 5.62. The zero-order chi connectivity index (χ0) is 16.9. The highest BCUT2D eigenvalue weighted by Crippen LogP contribution is 2.23. The number of carbonyl (C=O) groups is 1. The van der Waals surface area contributed by atoms with E-state index in [-0.39, 0.29) is 6.04 Å². The second-order valence-corrected chi connectivity index (χ2v) is 5.36. The third-order valence-electron chi connectivity index (χ3n) is 3.67. The number of rotatable bonds is 5. The van der Waals surface area contributed by atoms with Gasteiger partial charge in [0.2, 0.25) is 11.8 Å². The minimum absolute atomic E-state index is 0.112. The highest BCUT2D eigenvalue weighted by atomic mass is 19.4. The van der Waals surface area contributed by atoms with Crippen LogP contribution in [0.3, 0.4) is 0 Å². The van der Waals surface area contributed by atoms with Crippen molar-refractivity contribution < 1.29 is 22.7 Å². The van der Waals surface area contributed by atoms with Crippen molar-refractivity contribution in [2.75, 3.05) is 25.5 Å². The molecule has 1 aromatic rings. The molecule has 1 fully saturated rings. The quantitative estimate of drug-likeness (QED) is 0.896. The van der Waals surface area contributed by atoms with E-state index in [0.717, 1.165) is 0 Å². The molecule has 1 aliphatic rings. The average Bonchev–Trinajstić information content (AvgIpc) is 2.53. The third kappa shape index (κ3) is 5.57. The fourth-order valence-electron chi connectivity index (χ4n) is 2.42. The second-order valence-electron chi connectivity index (χ2n) is 5.36. The number of halogens is 3. The number of likely N-dealkylation sites (tertiary alicyclic amines) is 1. The Morgan fingerprint density at radius 2 is 2.09 bits per heavy atom. The highest BCUT2D eigenvalue weighted by Gasteiger charge is 2.30. The molecule has 23 heavy (non-hydrogen) atoms. The van der Waals surface area contributed by atoms with Gasteiger partial charge >= 0.3 is 6.18 Å². The maximum atomic E-state index is 12.1. The summed E-state index contributed by atoms with van der Waals surface area (Å²) in [6.45, 7) is 0.882. The molecule has 1 saturated heterocycles. The summed E-state index contributed by atoms with van der Waals surface area (Å²) in [4.78, 5) is 21.2. The highest BCUT2D eigenvalue weighted by molar-refractivity contribution is 5.76. The van der Waals surface area contributed by atoms with Gasteiger partial charge in [0.15, 0.2) is 0 Å². The molecule has 2 heterocycles. The predicted octanol–water partition coefficient (Wildman–Crippen LogP) is 2.23. The number of piperidine rings is 1. The first-order chi connectivity index (χ1) is 10.9. The summed E-state index contributed by atoms with van der Waals surface area (Å²) in [6, 6.07) is 1.78. The summed E-state index contributed by atoms with van der Waals surface area (Å²) in [7, 11) is 1.51. The van der Waals surface area contributed by atoms with Gasteiger partial charge in [0.1, 0.15) is 12.1 Å². The maximum Gasteiger partial charge on any atom is 0.389 e. The van der Waals surface area contributed by atoms with E-state index in [4.69, 9.17) is 4.74 Å². The number of aromatic nitrogens is 2. The van der Waals surface area contributed by atoms with E-state index in [9.17, 15) is 18.0 Å². The zero-order valence-corrected chi connectivity index (χ0v) is 12.8. The first-order valence-electron chi connectivity index (χ1n) is 7.34. The molecule has 0 bridgehead atoms. The Morgan fingerprint density at radius 3 is 2.70 bits per heavy atom. The molecule has 6 nitrogen and oxygen atoms in total. The van der Waals surface area contributed by atoms with Crippen molar-refractivity contribution in [2.45, 2.75) is 37.9 Å². The van der Waals surface area contributed by atoms with E-state index in [1.54, 1.807) is 6.07 Å². The summed E-state index contributed by atoms with van der Waals surface area (Å²) >= 11 is 0. The van der Waals surface area contributed by atoms with Crippen molar-refractivity contribution in [1.82, 2.24) is 14.9 Å². The van der Waals surface area contributed by atoms with Crippen LogP contribution in [0, 0.1) is 0 Å². The van der Waals surface area contributed by atoms with E-state index in [0.29, 0.717) is 37.6 Å². The third-order valence-corrected chi connectivity index (χ3v) is 3.67. The van der Waals surface area contributed by atoms with Gasteiger partial charge in [-0.15, -0.1) is 0 Å². The smallest absolute Gasteiger partial charge is 0.389 e. The van der Waals surface area contributed by atoms with Crippen molar-refractivity contribution in [2.24, 2.45) is 0 Å². The van der Waals surface area contributed by atoms with Crippen LogP contribution < -0.4 is 10.1 Å². The van der Waals surface area contributed by atoms with Gasteiger partial charge in [0, 0.05) is 31.6 Å². The molecule has 1 aliphatic heterocycles. The predicted molar refractivity (Wildman–Crippen MR) is 77.1 cm³/mol. The van der Waals surface area contributed by atoms with Crippen molar-refractivity contribution in [3.05, 3.63) is 12.4 Å². The Morgan fingerprint density at radius 1 is 1.39 bits per heavy atom. The fraction of sp³-hybridized carbons (Fsp3) is 0.643. The number of nitrogens with zero attached hydrogens (tertiary/aromatic N) is 3. The van der Waals surface area contributed by atoms with Crippen LogP contribution in [0.2, 0.25) is 0 Å². The molecule has 0 saturated carbocycles. The maximum absolute atomic E-state index is 12.1. The van der Waals surface area contributed by atoms with Crippen molar-refractivity contribution >= 4 is 11.7 Å². The van der Waals surface area contributed by atoms with Crippen LogP contribution in [0.1, 0.15) is 25.7 Å². The number of amides is 1. The molecule has 1 amide bonds. The lowest BCUT2D eigenvalue weighted by Gasteiger charge is -2.32. The number of hydrogen-bond donors (Lipinski definition) is 1. The lowest BCUT2D eigenvalue weighted by molar-refractivity contribution is -0.149. The van der Waals surface area contributed by atoms with Crippen LogP contribution >= 0.6 is 0 Å². The van der Waals surface area contributed by atoms with E-state index in [1.807, 2.05) is 0 Å². The van der Waals surface area contributed by atoms with E-state index < -0.39 is 24.9 Å². The van der Waals surface area contributed by atoms with Gasteiger partial charge in [-0.05, 0) is 12.8 Å². The average molecular weight is 332 g/mol. The van der Waals surface area contributed by atoms with Gasteiger partial charge in [0.25, 0.3) is 0 Å². The number of alkyl halides is 3.